The van der Waals surface area contributed by atoms with Crippen LogP contribution in [0.15, 0.2) is 18.2 Å². The molecule has 2 saturated heterocycles. The Balaban J connectivity index is 1.86. The minimum absolute atomic E-state index is 0.584. The first-order valence-corrected chi connectivity index (χ1v) is 6.83. The Morgan fingerprint density at radius 2 is 2.28 bits per heavy atom. The minimum atomic E-state index is 0.584. The molecule has 1 aromatic rings. The number of nitrogens with zero attached hydrogens (tertiary/aromatic N) is 2. The van der Waals surface area contributed by atoms with Gasteiger partial charge in [0.15, 0.2) is 0 Å². The minimum Gasteiger partial charge on any atom is -0.369 e. The quantitative estimate of drug-likeness (QED) is 0.844. The molecule has 3 rings (SSSR count). The number of hydrogen-bond acceptors (Lipinski definition) is 3. The van der Waals surface area contributed by atoms with Crippen LogP contribution >= 0.6 is 11.6 Å². The highest BCUT2D eigenvalue weighted by Crippen LogP contribution is 2.31. The van der Waals surface area contributed by atoms with Crippen LogP contribution in [0.5, 0.6) is 0 Å². The number of hydrogen-bond donors (Lipinski definition) is 1. The van der Waals surface area contributed by atoms with Gasteiger partial charge in [0.2, 0.25) is 0 Å². The van der Waals surface area contributed by atoms with Crippen LogP contribution in [0.25, 0.3) is 0 Å². The van der Waals surface area contributed by atoms with Gasteiger partial charge in [0, 0.05) is 24.2 Å². The van der Waals surface area contributed by atoms with Gasteiger partial charge in [-0.2, -0.15) is 5.26 Å². The number of fused-ring (bicyclic) bond motifs is 1. The highest BCUT2D eigenvalue weighted by atomic mass is 35.5. The van der Waals surface area contributed by atoms with E-state index in [1.807, 2.05) is 12.1 Å². The molecular weight excluding hydrogens is 246 g/mol. The van der Waals surface area contributed by atoms with Gasteiger partial charge in [-0.1, -0.05) is 11.6 Å². The second kappa shape index (κ2) is 4.79. The summed E-state index contributed by atoms with van der Waals surface area (Å²) in [5, 5.41) is 13.4. The maximum absolute atomic E-state index is 9.21. The average Bonchev–Trinajstić information content (AvgIpc) is 2.82. The molecule has 0 saturated carbocycles. The normalized spacial score (nSPS) is 26.8. The van der Waals surface area contributed by atoms with E-state index in [2.05, 4.69) is 16.3 Å². The monoisotopic (exact) mass is 261 g/mol. The molecule has 1 aromatic carbocycles. The smallest absolute Gasteiger partial charge is 0.101 e. The van der Waals surface area contributed by atoms with Crippen LogP contribution in [0, 0.1) is 17.2 Å². The Kier molecular flexibility index (Phi) is 3.15. The first-order chi connectivity index (χ1) is 8.78. The van der Waals surface area contributed by atoms with E-state index in [9.17, 15) is 5.26 Å². The lowest BCUT2D eigenvalue weighted by Gasteiger charge is -2.24. The molecule has 2 heterocycles. The number of nitriles is 1. The van der Waals surface area contributed by atoms with Gasteiger partial charge in [-0.3, -0.25) is 0 Å². The SMILES string of the molecule is N#Cc1cc(Cl)ccc1N1CC2CCCNC2C1. The van der Waals surface area contributed by atoms with E-state index >= 15 is 0 Å². The molecule has 0 amide bonds. The number of nitrogens with one attached hydrogen (secondary N) is 1. The molecule has 0 bridgehead atoms. The third-order valence-electron chi connectivity index (χ3n) is 4.02. The molecule has 0 spiro atoms. The molecule has 2 fully saturated rings. The number of piperidine rings is 1. The zero-order chi connectivity index (χ0) is 12.5. The molecule has 0 aliphatic carbocycles. The van der Waals surface area contributed by atoms with Gasteiger partial charge in [0.1, 0.15) is 6.07 Å². The molecule has 0 radical (unpaired) electrons. The van der Waals surface area contributed by atoms with E-state index in [0.717, 1.165) is 31.2 Å². The molecule has 1 N–H and O–H groups in total. The van der Waals surface area contributed by atoms with Gasteiger partial charge in [-0.05, 0) is 43.5 Å². The molecule has 0 aromatic heterocycles. The number of anilines is 1. The summed E-state index contributed by atoms with van der Waals surface area (Å²) < 4.78 is 0. The first kappa shape index (κ1) is 11.8. The Morgan fingerprint density at radius 1 is 1.39 bits per heavy atom. The molecule has 18 heavy (non-hydrogen) atoms. The van der Waals surface area contributed by atoms with Crippen LogP contribution in [-0.4, -0.2) is 25.7 Å². The van der Waals surface area contributed by atoms with E-state index in [-0.39, 0.29) is 0 Å². The van der Waals surface area contributed by atoms with Gasteiger partial charge >= 0.3 is 0 Å². The zero-order valence-corrected chi connectivity index (χ0v) is 11.0. The van der Waals surface area contributed by atoms with Crippen molar-refractivity contribution in [1.82, 2.24) is 5.32 Å². The summed E-state index contributed by atoms with van der Waals surface area (Å²) in [5.41, 5.74) is 1.71. The lowest BCUT2D eigenvalue weighted by molar-refractivity contribution is 0.340. The molecule has 94 valence electrons. The molecule has 3 nitrogen and oxygen atoms in total. The van der Waals surface area contributed by atoms with E-state index < -0.39 is 0 Å². The van der Waals surface area contributed by atoms with E-state index in [4.69, 9.17) is 11.6 Å². The van der Waals surface area contributed by atoms with Gasteiger partial charge in [-0.25, -0.2) is 0 Å². The summed E-state index contributed by atoms with van der Waals surface area (Å²) in [5.74, 6) is 0.723. The fourth-order valence-electron chi connectivity index (χ4n) is 3.12. The van der Waals surface area contributed by atoms with Crippen molar-refractivity contribution >= 4 is 17.3 Å². The third kappa shape index (κ3) is 2.07. The average molecular weight is 262 g/mol. The van der Waals surface area contributed by atoms with Gasteiger partial charge in [-0.15, -0.1) is 0 Å². The maximum atomic E-state index is 9.21. The van der Waals surface area contributed by atoms with Crippen molar-refractivity contribution < 1.29 is 0 Å². The lowest BCUT2D eigenvalue weighted by atomic mass is 9.94. The van der Waals surface area contributed by atoms with Crippen molar-refractivity contribution in [2.45, 2.75) is 18.9 Å². The number of benzene rings is 1. The van der Waals surface area contributed by atoms with Crippen LogP contribution in [0.2, 0.25) is 5.02 Å². The van der Waals surface area contributed by atoms with Crippen LogP contribution in [0.3, 0.4) is 0 Å². The van der Waals surface area contributed by atoms with Crippen LogP contribution in [0.1, 0.15) is 18.4 Å². The summed E-state index contributed by atoms with van der Waals surface area (Å²) >= 11 is 5.94. The molecule has 2 atom stereocenters. The highest BCUT2D eigenvalue weighted by Gasteiger charge is 2.34. The number of halogens is 1. The third-order valence-corrected chi connectivity index (χ3v) is 4.25. The predicted octanol–water partition coefficient (Wildman–Crippen LogP) is 2.40. The summed E-state index contributed by atoms with van der Waals surface area (Å²) in [6.07, 6.45) is 2.56. The Morgan fingerprint density at radius 3 is 3.06 bits per heavy atom. The van der Waals surface area contributed by atoms with E-state index in [1.165, 1.54) is 12.8 Å². The molecule has 2 unspecified atom stereocenters. The summed E-state index contributed by atoms with van der Waals surface area (Å²) in [6, 6.07) is 8.43. The van der Waals surface area contributed by atoms with Crippen molar-refractivity contribution in [2.24, 2.45) is 5.92 Å². The van der Waals surface area contributed by atoms with Crippen molar-refractivity contribution in [3.8, 4) is 6.07 Å². The molecule has 2 aliphatic rings. The van der Waals surface area contributed by atoms with E-state index in [1.54, 1.807) is 6.07 Å². The Bertz CT molecular complexity index is 480. The second-order valence-corrected chi connectivity index (χ2v) is 5.58. The van der Waals surface area contributed by atoms with Gasteiger partial charge in [0.05, 0.1) is 11.3 Å². The van der Waals surface area contributed by atoms with Crippen LogP contribution < -0.4 is 10.2 Å². The number of rotatable bonds is 1. The Labute approximate surface area is 112 Å². The van der Waals surface area contributed by atoms with E-state index in [0.29, 0.717) is 16.6 Å². The molecule has 2 aliphatic heterocycles. The summed E-state index contributed by atoms with van der Waals surface area (Å²) in [6.45, 7) is 3.18. The molecule has 4 heteroatoms. The fourth-order valence-corrected chi connectivity index (χ4v) is 3.29. The van der Waals surface area contributed by atoms with Crippen molar-refractivity contribution in [3.63, 3.8) is 0 Å². The van der Waals surface area contributed by atoms with Gasteiger partial charge in [0.25, 0.3) is 0 Å². The maximum Gasteiger partial charge on any atom is 0.101 e. The Hall–Kier alpha value is -1.24. The summed E-state index contributed by atoms with van der Waals surface area (Å²) in [4.78, 5) is 2.32. The molecular formula is C14H16ClN3. The standard InChI is InChI=1S/C14H16ClN3/c15-12-3-4-14(11(6-12)7-16)18-8-10-2-1-5-17-13(10)9-18/h3-4,6,10,13,17H,1-2,5,8-9H2. The van der Waals surface area contributed by atoms with Crippen molar-refractivity contribution in [2.75, 3.05) is 24.5 Å². The zero-order valence-electron chi connectivity index (χ0n) is 10.2. The van der Waals surface area contributed by atoms with Crippen LogP contribution in [0.4, 0.5) is 5.69 Å². The topological polar surface area (TPSA) is 39.1 Å². The highest BCUT2D eigenvalue weighted by molar-refractivity contribution is 6.30. The predicted molar refractivity (Wildman–Crippen MR) is 72.9 cm³/mol. The fraction of sp³-hybridized carbons (Fsp3) is 0.500. The van der Waals surface area contributed by atoms with Crippen molar-refractivity contribution in [1.29, 1.82) is 5.26 Å². The van der Waals surface area contributed by atoms with Crippen LogP contribution in [-0.2, 0) is 0 Å². The first-order valence-electron chi connectivity index (χ1n) is 6.46. The van der Waals surface area contributed by atoms with Gasteiger partial charge < -0.3 is 10.2 Å². The van der Waals surface area contributed by atoms with Crippen molar-refractivity contribution in [3.05, 3.63) is 28.8 Å². The largest absolute Gasteiger partial charge is 0.369 e. The lowest BCUT2D eigenvalue weighted by Crippen LogP contribution is -2.40. The second-order valence-electron chi connectivity index (χ2n) is 5.14. The summed E-state index contributed by atoms with van der Waals surface area (Å²) in [7, 11) is 0.